The summed E-state index contributed by atoms with van der Waals surface area (Å²) in [6, 6.07) is 1.89. The van der Waals surface area contributed by atoms with Gasteiger partial charge in [-0.25, -0.2) is 14.4 Å². The molecule has 0 saturated carbocycles. The van der Waals surface area contributed by atoms with E-state index in [0.717, 1.165) is 22.7 Å². The Morgan fingerprint density at radius 1 is 1.14 bits per heavy atom. The molecule has 3 aromatic rings. The van der Waals surface area contributed by atoms with E-state index in [1.807, 2.05) is 0 Å². The Morgan fingerprint density at radius 3 is 2.38 bits per heavy atom. The van der Waals surface area contributed by atoms with Crippen LogP contribution < -0.4 is 10.5 Å². The summed E-state index contributed by atoms with van der Waals surface area (Å²) in [6.07, 6.45) is -10.0. The second-order valence-corrected chi connectivity index (χ2v) is 6.25. The summed E-state index contributed by atoms with van der Waals surface area (Å²) < 4.78 is 97.2. The summed E-state index contributed by atoms with van der Waals surface area (Å²) in [4.78, 5) is 7.16. The molecule has 12 heteroatoms. The Kier molecular flexibility index (Phi) is 4.83. The van der Waals surface area contributed by atoms with E-state index >= 15 is 0 Å². The molecule has 1 atom stereocenters. The van der Waals surface area contributed by atoms with E-state index in [9.17, 15) is 30.7 Å². The molecule has 0 spiro atoms. The molecule has 1 aromatic carbocycles. The second-order valence-electron chi connectivity index (χ2n) is 6.25. The number of aryl methyl sites for hydroxylation is 1. The van der Waals surface area contributed by atoms with Crippen LogP contribution in [0.3, 0.4) is 0 Å². The topological polar surface area (TPSA) is 65.4 Å². The number of benzene rings is 1. The summed E-state index contributed by atoms with van der Waals surface area (Å²) in [6.45, 7) is 2.14. The van der Waals surface area contributed by atoms with Crippen molar-refractivity contribution < 1.29 is 35.5 Å². The van der Waals surface area contributed by atoms with E-state index in [2.05, 4.69) is 14.7 Å². The zero-order valence-corrected chi connectivity index (χ0v) is 14.9. The Balaban J connectivity index is 2.17. The molecular formula is C17H13F7N4O. The van der Waals surface area contributed by atoms with Crippen LogP contribution in [0.1, 0.15) is 18.2 Å². The molecule has 156 valence electrons. The molecule has 29 heavy (non-hydrogen) atoms. The van der Waals surface area contributed by atoms with Crippen molar-refractivity contribution in [3.63, 3.8) is 0 Å². The van der Waals surface area contributed by atoms with Gasteiger partial charge in [0, 0.05) is 11.8 Å². The summed E-state index contributed by atoms with van der Waals surface area (Å²) in [7, 11) is 0. The van der Waals surface area contributed by atoms with Gasteiger partial charge in [0.05, 0.1) is 11.9 Å². The lowest BCUT2D eigenvalue weighted by Gasteiger charge is -2.19. The first-order valence-electron chi connectivity index (χ1n) is 8.03. The Labute approximate surface area is 158 Å². The normalized spacial score (nSPS) is 13.7. The number of anilines is 1. The highest BCUT2D eigenvalue weighted by molar-refractivity contribution is 5.72. The SMILES string of the molecule is Cc1cc(F)c(OC(C)C(F)(F)F)cc1-c1cnc2c(N)nc(C(F)(F)F)cn12. The predicted molar refractivity (Wildman–Crippen MR) is 88.7 cm³/mol. The molecule has 2 aromatic heterocycles. The van der Waals surface area contributed by atoms with Gasteiger partial charge >= 0.3 is 12.4 Å². The Bertz CT molecular complexity index is 1070. The molecule has 0 aliphatic heterocycles. The van der Waals surface area contributed by atoms with Crippen LogP contribution in [0.5, 0.6) is 5.75 Å². The van der Waals surface area contributed by atoms with E-state index in [1.165, 1.54) is 6.92 Å². The number of halogens is 7. The number of aromatic nitrogens is 3. The van der Waals surface area contributed by atoms with Gasteiger partial charge in [0.1, 0.15) is 0 Å². The van der Waals surface area contributed by atoms with Crippen molar-refractivity contribution in [2.24, 2.45) is 0 Å². The minimum atomic E-state index is -4.79. The number of ether oxygens (including phenoxy) is 1. The molecule has 0 amide bonds. The van der Waals surface area contributed by atoms with Crippen LogP contribution in [0.15, 0.2) is 24.5 Å². The van der Waals surface area contributed by atoms with Gasteiger partial charge in [-0.15, -0.1) is 0 Å². The third-order valence-corrected chi connectivity index (χ3v) is 4.13. The molecule has 0 radical (unpaired) electrons. The Morgan fingerprint density at radius 2 is 1.79 bits per heavy atom. The van der Waals surface area contributed by atoms with Gasteiger partial charge in [-0.3, -0.25) is 4.40 Å². The van der Waals surface area contributed by atoms with Crippen molar-refractivity contribution >= 4 is 11.5 Å². The first kappa shape index (κ1) is 20.7. The molecule has 0 bridgehead atoms. The van der Waals surface area contributed by atoms with Crippen molar-refractivity contribution in [1.82, 2.24) is 14.4 Å². The lowest BCUT2D eigenvalue weighted by molar-refractivity contribution is -0.189. The second kappa shape index (κ2) is 6.78. The third kappa shape index (κ3) is 3.91. The van der Waals surface area contributed by atoms with Gasteiger partial charge < -0.3 is 10.5 Å². The van der Waals surface area contributed by atoms with Crippen LogP contribution in [-0.2, 0) is 6.18 Å². The largest absolute Gasteiger partial charge is 0.478 e. The van der Waals surface area contributed by atoms with E-state index in [1.54, 1.807) is 0 Å². The van der Waals surface area contributed by atoms with Crippen LogP contribution in [-0.4, -0.2) is 26.6 Å². The van der Waals surface area contributed by atoms with E-state index in [0.29, 0.717) is 13.1 Å². The third-order valence-electron chi connectivity index (χ3n) is 4.13. The average molecular weight is 422 g/mol. The average Bonchev–Trinajstić information content (AvgIpc) is 3.00. The Hall–Kier alpha value is -3.05. The number of alkyl halides is 6. The maximum atomic E-state index is 14.1. The zero-order valence-electron chi connectivity index (χ0n) is 14.9. The quantitative estimate of drug-likeness (QED) is 0.618. The fourth-order valence-corrected chi connectivity index (χ4v) is 2.62. The van der Waals surface area contributed by atoms with Gasteiger partial charge in [0.15, 0.2) is 34.8 Å². The van der Waals surface area contributed by atoms with E-state index < -0.39 is 41.5 Å². The van der Waals surface area contributed by atoms with Crippen LogP contribution in [0.4, 0.5) is 36.6 Å². The summed E-state index contributed by atoms with van der Waals surface area (Å²) in [5.41, 5.74) is 4.56. The van der Waals surface area contributed by atoms with Gasteiger partial charge in [-0.05, 0) is 31.5 Å². The number of hydrogen-bond donors (Lipinski definition) is 1. The maximum Gasteiger partial charge on any atom is 0.434 e. The number of rotatable bonds is 3. The monoisotopic (exact) mass is 422 g/mol. The molecule has 5 nitrogen and oxygen atoms in total. The lowest BCUT2D eigenvalue weighted by atomic mass is 10.1. The first-order valence-corrected chi connectivity index (χ1v) is 8.03. The number of imidazole rings is 1. The first-order chi connectivity index (χ1) is 13.3. The minimum Gasteiger partial charge on any atom is -0.478 e. The van der Waals surface area contributed by atoms with Crippen molar-refractivity contribution in [3.05, 3.63) is 41.6 Å². The molecule has 2 heterocycles. The molecule has 0 aliphatic rings. The molecule has 0 fully saturated rings. The molecule has 3 rings (SSSR count). The van der Waals surface area contributed by atoms with Gasteiger partial charge in [-0.2, -0.15) is 26.3 Å². The summed E-state index contributed by atoms with van der Waals surface area (Å²) >= 11 is 0. The zero-order chi connectivity index (χ0) is 21.7. The lowest BCUT2D eigenvalue weighted by Crippen LogP contribution is -2.31. The molecule has 0 saturated heterocycles. The van der Waals surface area contributed by atoms with Crippen molar-refractivity contribution in [2.75, 3.05) is 5.73 Å². The van der Waals surface area contributed by atoms with Crippen LogP contribution in [0.2, 0.25) is 0 Å². The van der Waals surface area contributed by atoms with Crippen molar-refractivity contribution in [2.45, 2.75) is 32.3 Å². The number of nitrogens with zero attached hydrogens (tertiary/aromatic N) is 3. The number of hydrogen-bond acceptors (Lipinski definition) is 4. The van der Waals surface area contributed by atoms with Gasteiger partial charge in [-0.1, -0.05) is 0 Å². The molecule has 1 unspecified atom stereocenters. The number of nitrogen functional groups attached to an aromatic ring is 1. The van der Waals surface area contributed by atoms with Crippen molar-refractivity contribution in [3.8, 4) is 17.0 Å². The molecule has 2 N–H and O–H groups in total. The van der Waals surface area contributed by atoms with Crippen LogP contribution in [0, 0.1) is 12.7 Å². The van der Waals surface area contributed by atoms with Crippen molar-refractivity contribution in [1.29, 1.82) is 0 Å². The van der Waals surface area contributed by atoms with E-state index in [4.69, 9.17) is 5.73 Å². The predicted octanol–water partition coefficient (Wildman–Crippen LogP) is 4.77. The highest BCUT2D eigenvalue weighted by Crippen LogP contribution is 2.35. The highest BCUT2D eigenvalue weighted by Gasteiger charge is 2.38. The number of fused-ring (bicyclic) bond motifs is 1. The van der Waals surface area contributed by atoms with Crippen LogP contribution in [0.25, 0.3) is 16.9 Å². The maximum absolute atomic E-state index is 14.1. The molecular weight excluding hydrogens is 409 g/mol. The fraction of sp³-hybridized carbons (Fsp3) is 0.294. The van der Waals surface area contributed by atoms with Gasteiger partial charge in [0.25, 0.3) is 0 Å². The number of nitrogens with two attached hydrogens (primary N) is 1. The molecule has 0 aliphatic carbocycles. The fourth-order valence-electron chi connectivity index (χ4n) is 2.62. The van der Waals surface area contributed by atoms with Crippen LogP contribution >= 0.6 is 0 Å². The minimum absolute atomic E-state index is 0.0432. The van der Waals surface area contributed by atoms with Gasteiger partial charge in [0.2, 0.25) is 0 Å². The van der Waals surface area contributed by atoms with E-state index in [-0.39, 0.29) is 22.5 Å². The summed E-state index contributed by atoms with van der Waals surface area (Å²) in [5.74, 6) is -2.25. The smallest absolute Gasteiger partial charge is 0.434 e. The summed E-state index contributed by atoms with van der Waals surface area (Å²) in [5, 5.41) is 0. The highest BCUT2D eigenvalue weighted by atomic mass is 19.4. The standard InChI is InChI=1S/C17H13F7N4O/c1-7-3-10(18)12(29-8(2)16(19,20)21)4-9(7)11-5-26-15-14(25)27-13(6-28(11)15)17(22,23)24/h3-6,8H,1-2H3,(H2,25,27).